The standard InChI is InChI=1S/C13H16BrN3/c14-10-5-6-12-11(8-10)16-13(15)17(12)7-1-2-9-3-4-9/h5-6,8-9H,1-4,7H2,(H2,15,16). The van der Waals surface area contributed by atoms with Gasteiger partial charge in [0.05, 0.1) is 11.0 Å². The van der Waals surface area contributed by atoms with Crippen molar-refractivity contribution < 1.29 is 0 Å². The first-order valence-corrected chi connectivity index (χ1v) is 6.94. The van der Waals surface area contributed by atoms with Crippen molar-refractivity contribution >= 4 is 32.9 Å². The van der Waals surface area contributed by atoms with E-state index in [0.29, 0.717) is 5.95 Å². The van der Waals surface area contributed by atoms with Crippen LogP contribution in [-0.4, -0.2) is 9.55 Å². The van der Waals surface area contributed by atoms with Gasteiger partial charge in [-0.25, -0.2) is 4.98 Å². The molecule has 1 aliphatic rings. The Kier molecular flexibility index (Phi) is 2.82. The van der Waals surface area contributed by atoms with Gasteiger partial charge in [0.25, 0.3) is 0 Å². The Hall–Kier alpha value is -1.03. The third-order valence-corrected chi connectivity index (χ3v) is 3.92. The summed E-state index contributed by atoms with van der Waals surface area (Å²) < 4.78 is 3.18. The normalized spacial score (nSPS) is 15.6. The molecule has 0 aliphatic heterocycles. The van der Waals surface area contributed by atoms with E-state index in [9.17, 15) is 0 Å². The predicted molar refractivity (Wildman–Crippen MR) is 73.8 cm³/mol. The molecule has 3 rings (SSSR count). The predicted octanol–water partition coefficient (Wildman–Crippen LogP) is 3.57. The first kappa shape index (κ1) is 11.1. The van der Waals surface area contributed by atoms with Crippen LogP contribution >= 0.6 is 15.9 Å². The van der Waals surface area contributed by atoms with Gasteiger partial charge in [0.2, 0.25) is 5.95 Å². The lowest BCUT2D eigenvalue weighted by atomic mass is 10.2. The molecule has 2 N–H and O–H groups in total. The Balaban J connectivity index is 1.83. The first-order valence-electron chi connectivity index (χ1n) is 6.15. The summed E-state index contributed by atoms with van der Waals surface area (Å²) in [6, 6.07) is 6.14. The number of benzene rings is 1. The van der Waals surface area contributed by atoms with E-state index in [2.05, 4.69) is 31.5 Å². The quantitative estimate of drug-likeness (QED) is 0.936. The number of hydrogen-bond acceptors (Lipinski definition) is 2. The second-order valence-electron chi connectivity index (χ2n) is 4.84. The Morgan fingerprint density at radius 1 is 1.41 bits per heavy atom. The molecule has 1 heterocycles. The number of anilines is 1. The second-order valence-corrected chi connectivity index (χ2v) is 5.76. The van der Waals surface area contributed by atoms with Crippen molar-refractivity contribution in [1.82, 2.24) is 9.55 Å². The Labute approximate surface area is 109 Å². The van der Waals surface area contributed by atoms with Crippen molar-refractivity contribution in [2.45, 2.75) is 32.2 Å². The van der Waals surface area contributed by atoms with Crippen LogP contribution in [0.5, 0.6) is 0 Å². The van der Waals surface area contributed by atoms with E-state index >= 15 is 0 Å². The lowest BCUT2D eigenvalue weighted by Gasteiger charge is -2.05. The number of imidazole rings is 1. The Bertz CT molecular complexity index is 543. The molecule has 1 saturated carbocycles. The van der Waals surface area contributed by atoms with Gasteiger partial charge in [-0.05, 0) is 37.0 Å². The third-order valence-electron chi connectivity index (χ3n) is 3.43. The highest BCUT2D eigenvalue weighted by Gasteiger charge is 2.20. The minimum atomic E-state index is 0.633. The molecule has 2 aromatic rings. The number of aromatic nitrogens is 2. The summed E-state index contributed by atoms with van der Waals surface area (Å²) in [5, 5.41) is 0. The molecule has 1 aromatic heterocycles. The van der Waals surface area contributed by atoms with Crippen molar-refractivity contribution in [3.8, 4) is 0 Å². The topological polar surface area (TPSA) is 43.8 Å². The van der Waals surface area contributed by atoms with E-state index in [1.165, 1.54) is 25.7 Å². The molecule has 0 spiro atoms. The molecular formula is C13H16BrN3. The van der Waals surface area contributed by atoms with Crippen molar-refractivity contribution in [3.05, 3.63) is 22.7 Å². The summed E-state index contributed by atoms with van der Waals surface area (Å²) in [7, 11) is 0. The average molecular weight is 294 g/mol. The largest absolute Gasteiger partial charge is 0.369 e. The zero-order valence-corrected chi connectivity index (χ0v) is 11.3. The summed E-state index contributed by atoms with van der Waals surface area (Å²) in [6.07, 6.45) is 5.38. The van der Waals surface area contributed by atoms with Gasteiger partial charge in [0.1, 0.15) is 0 Å². The molecule has 0 radical (unpaired) electrons. The van der Waals surface area contributed by atoms with Crippen LogP contribution in [0.4, 0.5) is 5.95 Å². The Morgan fingerprint density at radius 3 is 3.00 bits per heavy atom. The van der Waals surface area contributed by atoms with Crippen molar-refractivity contribution in [2.75, 3.05) is 5.73 Å². The minimum absolute atomic E-state index is 0.633. The Morgan fingerprint density at radius 2 is 2.24 bits per heavy atom. The molecule has 0 bridgehead atoms. The number of nitrogen functional groups attached to an aromatic ring is 1. The monoisotopic (exact) mass is 293 g/mol. The van der Waals surface area contributed by atoms with Gasteiger partial charge in [0.15, 0.2) is 0 Å². The van der Waals surface area contributed by atoms with Crippen LogP contribution in [-0.2, 0) is 6.54 Å². The average Bonchev–Trinajstić information content (AvgIpc) is 3.04. The van der Waals surface area contributed by atoms with Gasteiger partial charge >= 0.3 is 0 Å². The lowest BCUT2D eigenvalue weighted by Crippen LogP contribution is -2.03. The molecule has 1 fully saturated rings. The van der Waals surface area contributed by atoms with Gasteiger partial charge in [-0.15, -0.1) is 0 Å². The fourth-order valence-electron chi connectivity index (χ4n) is 2.30. The number of halogens is 1. The molecule has 1 aromatic carbocycles. The number of nitrogens with zero attached hydrogens (tertiary/aromatic N) is 2. The second kappa shape index (κ2) is 4.33. The summed E-state index contributed by atoms with van der Waals surface area (Å²) in [5.74, 6) is 1.62. The van der Waals surface area contributed by atoms with Crippen LogP contribution in [0.15, 0.2) is 22.7 Å². The number of rotatable bonds is 4. The van der Waals surface area contributed by atoms with Crippen molar-refractivity contribution in [2.24, 2.45) is 5.92 Å². The molecular weight excluding hydrogens is 278 g/mol. The zero-order chi connectivity index (χ0) is 11.8. The molecule has 90 valence electrons. The van der Waals surface area contributed by atoms with Gasteiger partial charge in [0, 0.05) is 11.0 Å². The molecule has 17 heavy (non-hydrogen) atoms. The molecule has 1 aliphatic carbocycles. The van der Waals surface area contributed by atoms with Crippen molar-refractivity contribution in [3.63, 3.8) is 0 Å². The summed E-state index contributed by atoms with van der Waals surface area (Å²) in [5.41, 5.74) is 8.09. The van der Waals surface area contributed by atoms with E-state index < -0.39 is 0 Å². The summed E-state index contributed by atoms with van der Waals surface area (Å²) >= 11 is 3.46. The maximum Gasteiger partial charge on any atom is 0.201 e. The smallest absolute Gasteiger partial charge is 0.201 e. The van der Waals surface area contributed by atoms with E-state index in [4.69, 9.17) is 5.73 Å². The van der Waals surface area contributed by atoms with E-state index in [-0.39, 0.29) is 0 Å². The summed E-state index contributed by atoms with van der Waals surface area (Å²) in [4.78, 5) is 4.40. The fourth-order valence-corrected chi connectivity index (χ4v) is 2.65. The van der Waals surface area contributed by atoms with Gasteiger partial charge in [-0.3, -0.25) is 0 Å². The molecule has 4 heteroatoms. The molecule has 0 atom stereocenters. The van der Waals surface area contributed by atoms with Gasteiger partial charge in [-0.2, -0.15) is 0 Å². The number of aryl methyl sites for hydroxylation is 1. The zero-order valence-electron chi connectivity index (χ0n) is 9.69. The molecule has 0 amide bonds. The first-order chi connectivity index (χ1) is 8.24. The van der Waals surface area contributed by atoms with Crippen LogP contribution < -0.4 is 5.73 Å². The molecule has 3 nitrogen and oxygen atoms in total. The number of nitrogens with two attached hydrogens (primary N) is 1. The molecule has 0 saturated heterocycles. The van der Waals surface area contributed by atoms with E-state index in [1.807, 2.05) is 12.1 Å². The van der Waals surface area contributed by atoms with Gasteiger partial charge in [-0.1, -0.05) is 28.8 Å². The maximum absolute atomic E-state index is 5.97. The number of hydrogen-bond donors (Lipinski definition) is 1. The summed E-state index contributed by atoms with van der Waals surface area (Å²) in [6.45, 7) is 0.987. The highest BCUT2D eigenvalue weighted by molar-refractivity contribution is 9.10. The fraction of sp³-hybridized carbons (Fsp3) is 0.462. The van der Waals surface area contributed by atoms with Crippen LogP contribution in [0, 0.1) is 5.92 Å². The minimum Gasteiger partial charge on any atom is -0.369 e. The third kappa shape index (κ3) is 2.32. The maximum atomic E-state index is 5.97. The van der Waals surface area contributed by atoms with Crippen LogP contribution in [0.3, 0.4) is 0 Å². The van der Waals surface area contributed by atoms with Gasteiger partial charge < -0.3 is 10.3 Å². The van der Waals surface area contributed by atoms with E-state index in [0.717, 1.165) is 28.0 Å². The highest BCUT2D eigenvalue weighted by atomic mass is 79.9. The van der Waals surface area contributed by atoms with Crippen LogP contribution in [0.2, 0.25) is 0 Å². The highest BCUT2D eigenvalue weighted by Crippen LogP contribution is 2.34. The lowest BCUT2D eigenvalue weighted by molar-refractivity contribution is 0.590. The molecule has 0 unspecified atom stereocenters. The van der Waals surface area contributed by atoms with Crippen LogP contribution in [0.1, 0.15) is 25.7 Å². The SMILES string of the molecule is Nc1nc2cc(Br)ccc2n1CCCC1CC1. The number of fused-ring (bicyclic) bond motifs is 1. The van der Waals surface area contributed by atoms with Crippen LogP contribution in [0.25, 0.3) is 11.0 Å². The van der Waals surface area contributed by atoms with E-state index in [1.54, 1.807) is 0 Å². The van der Waals surface area contributed by atoms with Crippen molar-refractivity contribution in [1.29, 1.82) is 0 Å².